The Labute approximate surface area is 215 Å². The summed E-state index contributed by atoms with van der Waals surface area (Å²) in [4.78, 5) is 30.5. The first-order chi connectivity index (χ1) is 18.0. The Morgan fingerprint density at radius 1 is 1.16 bits per heavy atom. The van der Waals surface area contributed by atoms with Gasteiger partial charge in [-0.3, -0.25) is 9.20 Å². The van der Waals surface area contributed by atoms with Crippen LogP contribution in [0.25, 0.3) is 16.9 Å². The van der Waals surface area contributed by atoms with Gasteiger partial charge in [0.1, 0.15) is 11.4 Å². The number of nitrogens with zero attached hydrogens (tertiary/aromatic N) is 4. The van der Waals surface area contributed by atoms with Crippen molar-refractivity contribution < 1.29 is 37.2 Å². The van der Waals surface area contributed by atoms with Crippen LogP contribution in [0, 0.1) is 0 Å². The number of carbonyl (C=O) groups excluding carboxylic acids is 1. The number of rotatable bonds is 9. The molecule has 0 atom stereocenters. The maximum absolute atomic E-state index is 12.7. The first-order valence-electron chi connectivity index (χ1n) is 11.5. The number of carbonyl (C=O) groups is 2. The predicted molar refractivity (Wildman–Crippen MR) is 132 cm³/mol. The van der Waals surface area contributed by atoms with Crippen molar-refractivity contribution in [2.45, 2.75) is 12.7 Å². The monoisotopic (exact) mass is 528 g/mol. The Balaban J connectivity index is 1.47. The molecule has 4 aromatic rings. The maximum Gasteiger partial charge on any atom is 0.422 e. The Bertz CT molecular complexity index is 1480. The van der Waals surface area contributed by atoms with Crippen LogP contribution in [0.1, 0.15) is 20.8 Å². The summed E-state index contributed by atoms with van der Waals surface area (Å²) in [6, 6.07) is 12.8. The standard InChI is InChI=1S/C26H24F3N5O4/c1-32(2)18-8-10-33(20(14-18)25(36)37)12-9-30-24(35)17-7-11-34-21(15-31-23(34)13-17)19-5-3-4-6-22(19)38-16-26(27,28)29/h3-8,10-11,13-15H,9,12,16H2,1-2H3,(H-,30,35,36,37)/p+1. The van der Waals surface area contributed by atoms with E-state index >= 15 is 0 Å². The molecule has 3 aromatic heterocycles. The summed E-state index contributed by atoms with van der Waals surface area (Å²) in [6.45, 7) is -0.997. The van der Waals surface area contributed by atoms with E-state index in [1.54, 1.807) is 64.2 Å². The fourth-order valence-corrected chi connectivity index (χ4v) is 3.85. The number of carboxylic acids is 1. The third-order valence-electron chi connectivity index (χ3n) is 5.72. The number of carboxylic acid groups (broad SMARTS) is 1. The molecule has 1 aromatic carbocycles. The molecule has 12 heteroatoms. The predicted octanol–water partition coefficient (Wildman–Crippen LogP) is 3.42. The van der Waals surface area contributed by atoms with Gasteiger partial charge >= 0.3 is 12.1 Å². The van der Waals surface area contributed by atoms with Crippen LogP contribution in [-0.4, -0.2) is 59.8 Å². The third kappa shape index (κ3) is 6.02. The number of pyridine rings is 2. The van der Waals surface area contributed by atoms with Gasteiger partial charge in [0.25, 0.3) is 11.6 Å². The number of alkyl halides is 3. The number of aromatic nitrogens is 3. The molecule has 2 N–H and O–H groups in total. The highest BCUT2D eigenvalue weighted by Crippen LogP contribution is 2.31. The zero-order valence-corrected chi connectivity index (χ0v) is 20.6. The molecule has 3 heterocycles. The van der Waals surface area contributed by atoms with Gasteiger partial charge in [-0.1, -0.05) is 12.1 Å². The molecule has 0 bridgehead atoms. The largest absolute Gasteiger partial charge is 0.483 e. The number of benzene rings is 1. The number of nitrogens with one attached hydrogen (secondary N) is 1. The number of para-hydroxylation sites is 1. The molecule has 0 unspecified atom stereocenters. The molecule has 0 saturated carbocycles. The molecule has 9 nitrogen and oxygen atoms in total. The van der Waals surface area contributed by atoms with Gasteiger partial charge in [0.15, 0.2) is 19.3 Å². The fourth-order valence-electron chi connectivity index (χ4n) is 3.85. The molecule has 38 heavy (non-hydrogen) atoms. The summed E-state index contributed by atoms with van der Waals surface area (Å²) < 4.78 is 46.2. The van der Waals surface area contributed by atoms with Gasteiger partial charge in [0.2, 0.25) is 0 Å². The van der Waals surface area contributed by atoms with Gasteiger partial charge < -0.3 is 20.1 Å². The second-order valence-electron chi connectivity index (χ2n) is 8.61. The zero-order valence-electron chi connectivity index (χ0n) is 20.6. The number of anilines is 1. The quantitative estimate of drug-likeness (QED) is 0.323. The molecule has 0 saturated heterocycles. The summed E-state index contributed by atoms with van der Waals surface area (Å²) in [5.74, 6) is -1.40. The van der Waals surface area contributed by atoms with E-state index in [0.29, 0.717) is 22.5 Å². The highest BCUT2D eigenvalue weighted by molar-refractivity contribution is 5.95. The highest BCUT2D eigenvalue weighted by atomic mass is 19.4. The third-order valence-corrected chi connectivity index (χ3v) is 5.72. The second kappa shape index (κ2) is 10.8. The average molecular weight is 529 g/mol. The molecule has 0 radical (unpaired) electrons. The molecule has 0 spiro atoms. The van der Waals surface area contributed by atoms with Crippen molar-refractivity contribution in [2.75, 3.05) is 32.1 Å². The smallest absolute Gasteiger partial charge is 0.422 e. The Morgan fingerprint density at radius 3 is 2.63 bits per heavy atom. The molecular formula is C26H25F3N5O4+. The first kappa shape index (κ1) is 26.5. The van der Waals surface area contributed by atoms with Crippen molar-refractivity contribution in [1.82, 2.24) is 14.7 Å². The minimum atomic E-state index is -4.47. The van der Waals surface area contributed by atoms with E-state index in [-0.39, 0.29) is 30.4 Å². The van der Waals surface area contributed by atoms with Crippen LogP contribution < -0.4 is 19.5 Å². The number of fused-ring (bicyclic) bond motifs is 1. The molecule has 4 rings (SSSR count). The first-order valence-corrected chi connectivity index (χ1v) is 11.5. The lowest BCUT2D eigenvalue weighted by Gasteiger charge is -2.13. The molecule has 198 valence electrons. The molecule has 0 aliphatic rings. The van der Waals surface area contributed by atoms with E-state index < -0.39 is 18.8 Å². The number of hydrogen-bond donors (Lipinski definition) is 2. The molecule has 1 amide bonds. The van der Waals surface area contributed by atoms with E-state index in [4.69, 9.17) is 4.74 Å². The number of ether oxygens (including phenoxy) is 1. The van der Waals surface area contributed by atoms with Gasteiger partial charge in [0.05, 0.1) is 18.4 Å². The molecular weight excluding hydrogens is 503 g/mol. The Kier molecular flexibility index (Phi) is 7.51. The van der Waals surface area contributed by atoms with Crippen molar-refractivity contribution in [2.24, 2.45) is 0 Å². The van der Waals surface area contributed by atoms with Crippen molar-refractivity contribution in [3.05, 3.63) is 78.4 Å². The van der Waals surface area contributed by atoms with E-state index in [9.17, 15) is 27.9 Å². The minimum Gasteiger partial charge on any atom is -0.483 e. The van der Waals surface area contributed by atoms with Crippen LogP contribution in [0.4, 0.5) is 18.9 Å². The van der Waals surface area contributed by atoms with Crippen molar-refractivity contribution in [3.63, 3.8) is 0 Å². The van der Waals surface area contributed by atoms with Gasteiger partial charge in [-0.05, 0) is 24.3 Å². The van der Waals surface area contributed by atoms with Gasteiger partial charge in [-0.15, -0.1) is 0 Å². The number of hydrogen-bond acceptors (Lipinski definition) is 5. The zero-order chi connectivity index (χ0) is 27.4. The molecule has 0 aliphatic heterocycles. The number of amides is 1. The van der Waals surface area contributed by atoms with Crippen LogP contribution in [-0.2, 0) is 6.54 Å². The summed E-state index contributed by atoms with van der Waals surface area (Å²) in [6.07, 6.45) is 0.274. The molecule has 0 aliphatic carbocycles. The van der Waals surface area contributed by atoms with E-state index in [2.05, 4.69) is 10.3 Å². The van der Waals surface area contributed by atoms with Crippen molar-refractivity contribution in [1.29, 1.82) is 0 Å². The van der Waals surface area contributed by atoms with Crippen LogP contribution >= 0.6 is 0 Å². The minimum absolute atomic E-state index is 0.0605. The van der Waals surface area contributed by atoms with Gasteiger partial charge in [-0.2, -0.15) is 17.7 Å². The normalized spacial score (nSPS) is 11.4. The topological polar surface area (TPSA) is 100 Å². The lowest BCUT2D eigenvalue weighted by atomic mass is 10.1. The number of halogens is 3. The van der Waals surface area contributed by atoms with Crippen LogP contribution in [0.15, 0.2) is 67.1 Å². The van der Waals surface area contributed by atoms with E-state index in [1.165, 1.54) is 16.8 Å². The van der Waals surface area contributed by atoms with Crippen molar-refractivity contribution in [3.8, 4) is 17.0 Å². The number of imidazole rings is 1. The Morgan fingerprint density at radius 2 is 1.92 bits per heavy atom. The summed E-state index contributed by atoms with van der Waals surface area (Å²) in [5.41, 5.74) is 2.50. The number of aromatic carboxylic acids is 1. The van der Waals surface area contributed by atoms with E-state index in [1.807, 2.05) is 14.1 Å². The SMILES string of the molecule is CN(C)c1cc[n+](CCNC(=O)c2ccn3c(-c4ccccc4OCC(F)(F)F)cnc3c2)c(C(=O)O)c1. The fraction of sp³-hybridized carbons (Fsp3) is 0.231. The van der Waals surface area contributed by atoms with Crippen LogP contribution in [0.2, 0.25) is 0 Å². The Hall–Kier alpha value is -4.61. The second-order valence-corrected chi connectivity index (χ2v) is 8.61. The van der Waals surface area contributed by atoms with Crippen LogP contribution in [0.5, 0.6) is 5.75 Å². The summed E-state index contributed by atoms with van der Waals surface area (Å²) in [7, 11) is 3.62. The van der Waals surface area contributed by atoms with E-state index in [0.717, 1.165) is 5.69 Å². The van der Waals surface area contributed by atoms with Gasteiger partial charge in [-0.25, -0.2) is 9.78 Å². The van der Waals surface area contributed by atoms with Crippen LogP contribution in [0.3, 0.4) is 0 Å². The van der Waals surface area contributed by atoms with Gasteiger partial charge in [0, 0.05) is 49.2 Å². The lowest BCUT2D eigenvalue weighted by Crippen LogP contribution is -2.45. The molecule has 0 fully saturated rings. The summed E-state index contributed by atoms with van der Waals surface area (Å²) in [5, 5.41) is 12.3. The highest BCUT2D eigenvalue weighted by Gasteiger charge is 2.29. The summed E-state index contributed by atoms with van der Waals surface area (Å²) >= 11 is 0. The van der Waals surface area contributed by atoms with Crippen molar-refractivity contribution >= 4 is 23.2 Å². The maximum atomic E-state index is 12.7. The average Bonchev–Trinajstić information content (AvgIpc) is 3.30. The lowest BCUT2D eigenvalue weighted by molar-refractivity contribution is -0.697.